The third-order valence-electron chi connectivity index (χ3n) is 0.949. The van der Waals surface area contributed by atoms with E-state index in [2.05, 4.69) is 9.53 Å². The van der Waals surface area contributed by atoms with Gasteiger partial charge in [-0.05, 0) is 6.55 Å². The van der Waals surface area contributed by atoms with Crippen LogP contribution in [0.1, 0.15) is 0 Å². The predicted molar refractivity (Wildman–Crippen MR) is 48.8 cm³/mol. The number of ether oxygens (including phenoxy) is 1. The summed E-state index contributed by atoms with van der Waals surface area (Å²) in [7, 11) is 0. The average Bonchev–Trinajstić information content (AvgIpc) is 1.84. The van der Waals surface area contributed by atoms with Crippen LogP contribution in [0.25, 0.3) is 5.53 Å². The van der Waals surface area contributed by atoms with E-state index in [4.69, 9.17) is 27.7 Å². The fourth-order valence-corrected chi connectivity index (χ4v) is 1.34. The normalized spacial score (nSPS) is 10.2. The predicted octanol–water partition coefficient (Wildman–Crippen LogP) is 1.38. The van der Waals surface area contributed by atoms with Crippen LogP contribution in [0.5, 0.6) is 0 Å². The summed E-state index contributed by atoms with van der Waals surface area (Å²) in [4.78, 5) is 13.0. The average molecular weight is 227 g/mol. The molecule has 0 aromatic heterocycles. The Kier molecular flexibility index (Phi) is 5.16. The Bertz CT molecular complexity index is 210. The minimum Gasteiger partial charge on any atom is -0.458 e. The van der Waals surface area contributed by atoms with Crippen LogP contribution in [0.15, 0.2) is 0 Å². The number of nitrogens with zero attached hydrogens (tertiary/aromatic N) is 2. The van der Waals surface area contributed by atoms with Gasteiger partial charge in [-0.2, -0.15) is 4.79 Å². The van der Waals surface area contributed by atoms with Crippen molar-refractivity contribution >= 4 is 41.0 Å². The van der Waals surface area contributed by atoms with E-state index in [1.807, 2.05) is 0 Å². The van der Waals surface area contributed by atoms with E-state index in [0.717, 1.165) is 0 Å². The second kappa shape index (κ2) is 5.32. The van der Waals surface area contributed by atoms with Crippen LogP contribution in [-0.4, -0.2) is 30.3 Å². The smallest absolute Gasteiger partial charge is 0.413 e. The van der Waals surface area contributed by atoms with E-state index in [1.165, 1.54) is 0 Å². The van der Waals surface area contributed by atoms with Crippen LogP contribution in [0.4, 0.5) is 0 Å². The molecule has 7 heteroatoms. The number of carbonyl (C=O) groups excluding carboxylic acids is 1. The molecular weight excluding hydrogens is 219 g/mol. The highest BCUT2D eigenvalue weighted by molar-refractivity contribution is 7.44. The zero-order chi connectivity index (χ0) is 9.61. The summed E-state index contributed by atoms with van der Waals surface area (Å²) in [6, 6.07) is 0.459. The maximum atomic E-state index is 10.5. The summed E-state index contributed by atoms with van der Waals surface area (Å²) in [6.45, 7) is -0.307. The molecule has 0 rings (SSSR count). The highest BCUT2D eigenvalue weighted by Crippen LogP contribution is 2.18. The van der Waals surface area contributed by atoms with Gasteiger partial charge in [0.15, 0.2) is 0 Å². The van der Waals surface area contributed by atoms with Crippen molar-refractivity contribution in [3.8, 4) is 0 Å². The first-order valence-electron chi connectivity index (χ1n) is 3.18. The van der Waals surface area contributed by atoms with Crippen molar-refractivity contribution < 1.29 is 14.3 Å². The summed E-state index contributed by atoms with van der Waals surface area (Å²) < 4.78 is 4.58. The lowest BCUT2D eigenvalue weighted by molar-refractivity contribution is -0.138. The fraction of sp³-hybridized carbons (Fsp3) is 0.600. The van der Waals surface area contributed by atoms with E-state index in [1.54, 1.807) is 6.55 Å². The van der Waals surface area contributed by atoms with Crippen molar-refractivity contribution in [2.75, 3.05) is 6.61 Å². The lowest BCUT2D eigenvalue weighted by Gasteiger charge is -2.07. The molecule has 4 nitrogen and oxygen atoms in total. The molecule has 0 aliphatic heterocycles. The van der Waals surface area contributed by atoms with Crippen LogP contribution in [0.3, 0.4) is 0 Å². The Hall–Kier alpha value is -0.353. The summed E-state index contributed by atoms with van der Waals surface area (Å²) in [5, 5.41) is 0. The minimum absolute atomic E-state index is 0.153. The van der Waals surface area contributed by atoms with E-state index in [-0.39, 0.29) is 6.61 Å². The van der Waals surface area contributed by atoms with Crippen molar-refractivity contribution in [2.45, 2.75) is 12.6 Å². The lowest BCUT2D eigenvalue weighted by atomic mass is 10.7. The van der Waals surface area contributed by atoms with Crippen molar-refractivity contribution in [3.05, 3.63) is 5.53 Å². The Labute approximate surface area is 80.5 Å². The van der Waals surface area contributed by atoms with E-state index < -0.39 is 12.7 Å². The summed E-state index contributed by atoms with van der Waals surface area (Å²) in [5.74, 6) is -0.705. The summed E-state index contributed by atoms with van der Waals surface area (Å²) in [6.07, 6.45) is 0.668. The van der Waals surface area contributed by atoms with E-state index >= 15 is 0 Å². The molecule has 0 atom stereocenters. The molecule has 0 saturated carbocycles. The number of carbonyl (C=O) groups is 1. The first-order chi connectivity index (χ1) is 5.45. The second-order valence-electron chi connectivity index (χ2n) is 2.23. The monoisotopic (exact) mass is 226 g/mol. The van der Waals surface area contributed by atoms with Gasteiger partial charge >= 0.3 is 12.2 Å². The van der Waals surface area contributed by atoms with Crippen LogP contribution in [-0.2, 0) is 9.53 Å². The summed E-state index contributed by atoms with van der Waals surface area (Å²) >= 11 is 11.4. The molecular formula is C5H8Cl2N2O2Si. The van der Waals surface area contributed by atoms with Crippen molar-refractivity contribution in [1.82, 2.24) is 0 Å². The number of esters is 1. The number of halogens is 2. The molecule has 0 heterocycles. The van der Waals surface area contributed by atoms with Crippen LogP contribution in [0.2, 0.25) is 12.6 Å². The minimum atomic E-state index is -2.19. The van der Waals surface area contributed by atoms with Gasteiger partial charge in [0.2, 0.25) is 0 Å². The molecule has 68 valence electrons. The zero-order valence-electron chi connectivity index (χ0n) is 6.46. The van der Waals surface area contributed by atoms with Gasteiger partial charge in [0, 0.05) is 6.04 Å². The summed E-state index contributed by atoms with van der Waals surface area (Å²) in [5.41, 5.74) is 7.92. The van der Waals surface area contributed by atoms with Gasteiger partial charge in [-0.3, -0.25) is 0 Å². The van der Waals surface area contributed by atoms with Crippen LogP contribution >= 0.6 is 22.2 Å². The Morgan fingerprint density at radius 1 is 1.75 bits per heavy atom. The molecule has 0 bridgehead atoms. The molecule has 0 aliphatic rings. The molecule has 0 aromatic carbocycles. The van der Waals surface area contributed by atoms with Gasteiger partial charge in [-0.15, -0.1) is 22.2 Å². The zero-order valence-corrected chi connectivity index (χ0v) is 8.97. The number of rotatable bonds is 4. The SMILES string of the molecule is C[Si](Cl)(Cl)CCOC(=O)C=[N+]=[N-]. The van der Waals surface area contributed by atoms with Crippen molar-refractivity contribution in [2.24, 2.45) is 0 Å². The topological polar surface area (TPSA) is 62.7 Å². The third kappa shape index (κ3) is 7.75. The fourth-order valence-electron chi connectivity index (χ4n) is 0.415. The standard InChI is InChI=1S/C5H8Cl2N2O2Si/c1-12(6,7)3-2-11-5(10)4-9-8/h4H,2-3H2,1H3. The molecule has 0 aromatic rings. The number of hydrogen-bond donors (Lipinski definition) is 0. The van der Waals surface area contributed by atoms with Gasteiger partial charge in [0.1, 0.15) is 0 Å². The molecule has 0 fully saturated rings. The lowest BCUT2D eigenvalue weighted by Crippen LogP contribution is -2.18. The van der Waals surface area contributed by atoms with Gasteiger partial charge in [-0.25, -0.2) is 4.79 Å². The first kappa shape index (κ1) is 11.6. The Morgan fingerprint density at radius 3 is 2.75 bits per heavy atom. The molecule has 0 amide bonds. The molecule has 12 heavy (non-hydrogen) atoms. The van der Waals surface area contributed by atoms with Gasteiger partial charge in [0.05, 0.1) is 6.61 Å². The molecule has 0 unspecified atom stereocenters. The largest absolute Gasteiger partial charge is 0.458 e. The van der Waals surface area contributed by atoms with Crippen LogP contribution in [0, 0.1) is 0 Å². The molecule has 0 radical (unpaired) electrons. The quantitative estimate of drug-likeness (QED) is 0.182. The van der Waals surface area contributed by atoms with Crippen molar-refractivity contribution in [3.63, 3.8) is 0 Å². The Morgan fingerprint density at radius 2 is 2.33 bits per heavy atom. The highest BCUT2D eigenvalue weighted by atomic mass is 35.7. The molecule has 0 saturated heterocycles. The maximum absolute atomic E-state index is 10.5. The molecule has 0 aliphatic carbocycles. The third-order valence-corrected chi connectivity index (χ3v) is 3.16. The Balaban J connectivity index is 3.57. The maximum Gasteiger partial charge on any atom is 0.413 e. The van der Waals surface area contributed by atoms with Crippen molar-refractivity contribution in [1.29, 1.82) is 0 Å². The van der Waals surface area contributed by atoms with E-state index in [9.17, 15) is 4.79 Å². The van der Waals surface area contributed by atoms with E-state index in [0.29, 0.717) is 12.3 Å². The highest BCUT2D eigenvalue weighted by Gasteiger charge is 2.21. The first-order valence-corrected chi connectivity index (χ1v) is 7.91. The van der Waals surface area contributed by atoms with Gasteiger partial charge < -0.3 is 10.3 Å². The second-order valence-corrected chi connectivity index (χ2v) is 10.5. The number of hydrogen-bond acceptors (Lipinski definition) is 2. The molecule has 0 N–H and O–H groups in total. The van der Waals surface area contributed by atoms with Gasteiger partial charge in [-0.1, -0.05) is 0 Å². The van der Waals surface area contributed by atoms with Crippen LogP contribution < -0.4 is 0 Å². The molecule has 0 spiro atoms. The van der Waals surface area contributed by atoms with Gasteiger partial charge in [0.25, 0.3) is 6.69 Å².